The van der Waals surface area contributed by atoms with Gasteiger partial charge in [0.2, 0.25) is 5.91 Å². The van der Waals surface area contributed by atoms with Crippen molar-refractivity contribution < 1.29 is 14.6 Å². The monoisotopic (exact) mass is 313 g/mol. The molecule has 122 valence electrons. The molecule has 2 rings (SSSR count). The summed E-state index contributed by atoms with van der Waals surface area (Å²) in [7, 11) is 1.62. The van der Waals surface area contributed by atoms with Gasteiger partial charge in [0.25, 0.3) is 0 Å². The van der Waals surface area contributed by atoms with E-state index >= 15 is 0 Å². The fraction of sp³-hybridized carbons (Fsp3) is 0.316. The van der Waals surface area contributed by atoms with E-state index in [4.69, 9.17) is 4.74 Å². The number of ether oxygens (including phenoxy) is 1. The number of methoxy groups -OCH3 is 1. The highest BCUT2D eigenvalue weighted by atomic mass is 16.5. The van der Waals surface area contributed by atoms with Gasteiger partial charge in [-0.05, 0) is 42.7 Å². The zero-order valence-corrected chi connectivity index (χ0v) is 13.8. The van der Waals surface area contributed by atoms with E-state index in [-0.39, 0.29) is 12.5 Å². The number of nitrogens with one attached hydrogen (secondary N) is 1. The van der Waals surface area contributed by atoms with Crippen LogP contribution in [-0.4, -0.2) is 18.1 Å². The third-order valence-electron chi connectivity index (χ3n) is 4.11. The molecule has 0 bridgehead atoms. The van der Waals surface area contributed by atoms with E-state index in [0.717, 1.165) is 22.4 Å². The molecule has 0 aliphatic rings. The van der Waals surface area contributed by atoms with Crippen LogP contribution in [0.5, 0.6) is 5.75 Å². The van der Waals surface area contributed by atoms with Gasteiger partial charge < -0.3 is 15.2 Å². The normalized spacial score (nSPS) is 11.1. The molecule has 0 saturated carbocycles. The van der Waals surface area contributed by atoms with E-state index in [1.807, 2.05) is 62.4 Å². The van der Waals surface area contributed by atoms with Gasteiger partial charge in [-0.2, -0.15) is 0 Å². The molecule has 0 saturated heterocycles. The highest BCUT2D eigenvalue weighted by Gasteiger charge is 2.29. The van der Waals surface area contributed by atoms with Crippen LogP contribution in [0.25, 0.3) is 0 Å². The molecule has 0 unspecified atom stereocenters. The molecule has 2 aromatic rings. The third-order valence-corrected chi connectivity index (χ3v) is 4.11. The summed E-state index contributed by atoms with van der Waals surface area (Å²) in [6, 6.07) is 15.0. The fourth-order valence-corrected chi connectivity index (χ4v) is 2.42. The predicted molar refractivity (Wildman–Crippen MR) is 90.2 cm³/mol. The first kappa shape index (κ1) is 17.0. The van der Waals surface area contributed by atoms with E-state index < -0.39 is 5.41 Å². The lowest BCUT2D eigenvalue weighted by atomic mass is 9.83. The molecule has 0 aliphatic carbocycles. The second-order valence-electron chi connectivity index (χ2n) is 5.96. The zero-order valence-electron chi connectivity index (χ0n) is 13.8. The Morgan fingerprint density at radius 2 is 1.70 bits per heavy atom. The zero-order chi connectivity index (χ0) is 16.9. The van der Waals surface area contributed by atoms with Crippen molar-refractivity contribution in [2.75, 3.05) is 7.11 Å². The number of aliphatic hydroxyl groups excluding tert-OH is 1. The van der Waals surface area contributed by atoms with Crippen LogP contribution in [0.15, 0.2) is 48.5 Å². The summed E-state index contributed by atoms with van der Waals surface area (Å²) in [5.74, 6) is 0.706. The van der Waals surface area contributed by atoms with Gasteiger partial charge in [0, 0.05) is 6.54 Å². The molecule has 0 atom stereocenters. The lowest BCUT2D eigenvalue weighted by molar-refractivity contribution is -0.125. The van der Waals surface area contributed by atoms with E-state index in [0.29, 0.717) is 6.54 Å². The van der Waals surface area contributed by atoms with Gasteiger partial charge in [-0.25, -0.2) is 0 Å². The van der Waals surface area contributed by atoms with Crippen LogP contribution in [0, 0.1) is 0 Å². The van der Waals surface area contributed by atoms with Crippen molar-refractivity contribution in [2.45, 2.75) is 32.4 Å². The molecule has 0 spiro atoms. The van der Waals surface area contributed by atoms with Crippen LogP contribution in [0.4, 0.5) is 0 Å². The van der Waals surface area contributed by atoms with Crippen LogP contribution in [0.3, 0.4) is 0 Å². The van der Waals surface area contributed by atoms with Crippen molar-refractivity contribution in [1.82, 2.24) is 5.32 Å². The first-order valence-electron chi connectivity index (χ1n) is 7.59. The number of aliphatic hydroxyl groups is 1. The van der Waals surface area contributed by atoms with Crippen molar-refractivity contribution in [2.24, 2.45) is 0 Å². The second kappa shape index (κ2) is 7.29. The predicted octanol–water partition coefficient (Wildman–Crippen LogP) is 2.78. The minimum absolute atomic E-state index is 0.0338. The number of carbonyl (C=O) groups is 1. The third kappa shape index (κ3) is 3.90. The Morgan fingerprint density at radius 1 is 1.09 bits per heavy atom. The molecule has 0 heterocycles. The molecule has 1 amide bonds. The summed E-state index contributed by atoms with van der Waals surface area (Å²) >= 11 is 0. The molecule has 2 aromatic carbocycles. The minimum Gasteiger partial charge on any atom is -0.497 e. The number of benzene rings is 2. The summed E-state index contributed by atoms with van der Waals surface area (Å²) in [5, 5.41) is 12.3. The Bertz CT molecular complexity index is 663. The first-order chi connectivity index (χ1) is 11.0. The molecule has 0 aliphatic heterocycles. The van der Waals surface area contributed by atoms with E-state index in [1.54, 1.807) is 7.11 Å². The van der Waals surface area contributed by atoms with Gasteiger partial charge >= 0.3 is 0 Å². The maximum atomic E-state index is 12.6. The summed E-state index contributed by atoms with van der Waals surface area (Å²) in [6.45, 7) is 4.15. The molecule has 0 radical (unpaired) electrons. The van der Waals surface area contributed by atoms with Crippen LogP contribution >= 0.6 is 0 Å². The van der Waals surface area contributed by atoms with E-state index in [9.17, 15) is 9.90 Å². The average molecular weight is 313 g/mol. The van der Waals surface area contributed by atoms with Gasteiger partial charge in [0.15, 0.2) is 0 Å². The molecule has 0 aromatic heterocycles. The highest BCUT2D eigenvalue weighted by Crippen LogP contribution is 2.25. The summed E-state index contributed by atoms with van der Waals surface area (Å²) in [4.78, 5) is 12.6. The smallest absolute Gasteiger partial charge is 0.230 e. The van der Waals surface area contributed by atoms with E-state index in [2.05, 4.69) is 5.32 Å². The largest absolute Gasteiger partial charge is 0.497 e. The van der Waals surface area contributed by atoms with Crippen molar-refractivity contribution in [3.63, 3.8) is 0 Å². The van der Waals surface area contributed by atoms with Crippen LogP contribution in [0.2, 0.25) is 0 Å². The molecular weight excluding hydrogens is 290 g/mol. The average Bonchev–Trinajstić information content (AvgIpc) is 2.59. The van der Waals surface area contributed by atoms with Gasteiger partial charge in [0.05, 0.1) is 19.1 Å². The quantitative estimate of drug-likeness (QED) is 0.862. The molecule has 2 N–H and O–H groups in total. The fourth-order valence-electron chi connectivity index (χ4n) is 2.42. The summed E-state index contributed by atoms with van der Waals surface area (Å²) in [6.07, 6.45) is 0. The van der Waals surface area contributed by atoms with Crippen LogP contribution in [0.1, 0.15) is 30.5 Å². The van der Waals surface area contributed by atoms with Crippen molar-refractivity contribution in [1.29, 1.82) is 0 Å². The Balaban J connectivity index is 2.08. The second-order valence-corrected chi connectivity index (χ2v) is 5.96. The Kier molecular flexibility index (Phi) is 5.40. The van der Waals surface area contributed by atoms with Gasteiger partial charge in [-0.3, -0.25) is 4.79 Å². The van der Waals surface area contributed by atoms with Gasteiger partial charge in [0.1, 0.15) is 5.75 Å². The lowest BCUT2D eigenvalue weighted by Gasteiger charge is -2.24. The number of hydrogen-bond donors (Lipinski definition) is 2. The number of rotatable bonds is 6. The summed E-state index contributed by atoms with van der Waals surface area (Å²) < 4.78 is 5.15. The Hall–Kier alpha value is -2.33. The molecule has 4 heteroatoms. The van der Waals surface area contributed by atoms with Crippen molar-refractivity contribution in [3.8, 4) is 5.75 Å². The lowest BCUT2D eigenvalue weighted by Crippen LogP contribution is -2.39. The van der Waals surface area contributed by atoms with Crippen molar-refractivity contribution in [3.05, 3.63) is 65.2 Å². The maximum Gasteiger partial charge on any atom is 0.230 e. The molecular formula is C19H23NO3. The molecule has 0 fully saturated rings. The topological polar surface area (TPSA) is 58.6 Å². The van der Waals surface area contributed by atoms with Crippen LogP contribution in [-0.2, 0) is 23.4 Å². The SMILES string of the molecule is COc1ccc(C(C)(C)C(=O)NCc2ccccc2CO)cc1. The first-order valence-corrected chi connectivity index (χ1v) is 7.59. The summed E-state index contributed by atoms with van der Waals surface area (Å²) in [5.41, 5.74) is 2.02. The van der Waals surface area contributed by atoms with E-state index in [1.165, 1.54) is 0 Å². The maximum absolute atomic E-state index is 12.6. The Morgan fingerprint density at radius 3 is 2.26 bits per heavy atom. The minimum atomic E-state index is -0.652. The highest BCUT2D eigenvalue weighted by molar-refractivity contribution is 5.87. The number of amides is 1. The van der Waals surface area contributed by atoms with Gasteiger partial charge in [-0.1, -0.05) is 36.4 Å². The van der Waals surface area contributed by atoms with Gasteiger partial charge in [-0.15, -0.1) is 0 Å². The standard InChI is InChI=1S/C19H23NO3/c1-19(2,16-8-10-17(23-3)11-9-16)18(22)20-12-14-6-4-5-7-15(14)13-21/h4-11,21H,12-13H2,1-3H3,(H,20,22). The molecule has 4 nitrogen and oxygen atoms in total. The Labute approximate surface area is 137 Å². The number of hydrogen-bond acceptors (Lipinski definition) is 3. The molecule has 23 heavy (non-hydrogen) atoms. The number of carbonyl (C=O) groups excluding carboxylic acids is 1. The van der Waals surface area contributed by atoms with Crippen LogP contribution < -0.4 is 10.1 Å². The van der Waals surface area contributed by atoms with Crippen molar-refractivity contribution >= 4 is 5.91 Å².